The van der Waals surface area contributed by atoms with Crippen molar-refractivity contribution < 1.29 is 9.18 Å². The number of amides is 1. The molecule has 1 atom stereocenters. The number of aromatic nitrogens is 2. The van der Waals surface area contributed by atoms with Gasteiger partial charge in [0.05, 0.1) is 5.69 Å². The molecule has 4 N–H and O–H groups in total. The molecule has 0 fully saturated rings. The van der Waals surface area contributed by atoms with E-state index in [-0.39, 0.29) is 17.6 Å². The molecule has 0 bridgehead atoms. The zero-order valence-corrected chi connectivity index (χ0v) is 11.2. The lowest BCUT2D eigenvalue weighted by Gasteiger charge is -2.13. The molecule has 0 aliphatic rings. The second-order valence-electron chi connectivity index (χ2n) is 4.66. The number of hydrogen-bond acceptors (Lipinski definition) is 3. The Balaban J connectivity index is 2.41. The minimum atomic E-state index is -0.599. The molecular weight excluding hydrogens is 259 g/mol. The van der Waals surface area contributed by atoms with Crippen molar-refractivity contribution in [1.82, 2.24) is 9.78 Å². The summed E-state index contributed by atoms with van der Waals surface area (Å²) >= 11 is 0. The van der Waals surface area contributed by atoms with Gasteiger partial charge in [-0.1, -0.05) is 6.92 Å². The monoisotopic (exact) mass is 276 g/mol. The van der Waals surface area contributed by atoms with Crippen molar-refractivity contribution in [1.29, 1.82) is 0 Å². The van der Waals surface area contributed by atoms with E-state index in [1.165, 1.54) is 22.9 Å². The van der Waals surface area contributed by atoms with E-state index in [9.17, 15) is 9.18 Å². The molecule has 0 saturated heterocycles. The van der Waals surface area contributed by atoms with Crippen LogP contribution in [0, 0.1) is 5.82 Å². The smallest absolute Gasteiger partial charge is 0.269 e. The fraction of sp³-hybridized carbons (Fsp3) is 0.286. The van der Waals surface area contributed by atoms with E-state index in [2.05, 4.69) is 5.10 Å². The molecule has 0 aliphatic heterocycles. The topological polar surface area (TPSA) is 86.9 Å². The maximum Gasteiger partial charge on any atom is 0.269 e. The first-order chi connectivity index (χ1) is 9.51. The highest BCUT2D eigenvalue weighted by Gasteiger charge is 2.12. The van der Waals surface area contributed by atoms with Gasteiger partial charge in [0.2, 0.25) is 0 Å². The first-order valence-electron chi connectivity index (χ1n) is 6.41. The van der Waals surface area contributed by atoms with E-state index in [0.29, 0.717) is 12.1 Å². The maximum absolute atomic E-state index is 13.4. The second kappa shape index (κ2) is 5.83. The number of hydrogen-bond donors (Lipinski definition) is 2. The van der Waals surface area contributed by atoms with E-state index >= 15 is 0 Å². The Morgan fingerprint density at radius 2 is 2.20 bits per heavy atom. The van der Waals surface area contributed by atoms with E-state index in [4.69, 9.17) is 11.5 Å². The standard InChI is InChI=1S/C14H17FN4O/c1-2-11(16)8-9-7-10(15)3-4-13(9)19-6-5-12(18-19)14(17)20/h3-7,11H,2,8,16H2,1H3,(H2,17,20). The fourth-order valence-corrected chi connectivity index (χ4v) is 1.96. The first-order valence-corrected chi connectivity index (χ1v) is 6.41. The largest absolute Gasteiger partial charge is 0.364 e. The summed E-state index contributed by atoms with van der Waals surface area (Å²) in [5, 5.41) is 4.08. The SMILES string of the molecule is CCC(N)Cc1cc(F)ccc1-n1ccc(C(N)=O)n1. The molecule has 0 aliphatic carbocycles. The van der Waals surface area contributed by atoms with Crippen LogP contribution in [0.2, 0.25) is 0 Å². The summed E-state index contributed by atoms with van der Waals surface area (Å²) in [6, 6.07) is 5.88. The van der Waals surface area contributed by atoms with Crippen molar-refractivity contribution in [3.8, 4) is 5.69 Å². The van der Waals surface area contributed by atoms with Crippen molar-refractivity contribution in [2.45, 2.75) is 25.8 Å². The van der Waals surface area contributed by atoms with Gasteiger partial charge in [-0.25, -0.2) is 9.07 Å². The Labute approximate surface area is 116 Å². The summed E-state index contributed by atoms with van der Waals surface area (Å²) in [6.45, 7) is 1.97. The molecule has 1 unspecified atom stereocenters. The number of carbonyl (C=O) groups excluding carboxylic acids is 1. The summed E-state index contributed by atoms with van der Waals surface area (Å²) in [4.78, 5) is 11.1. The number of carbonyl (C=O) groups is 1. The van der Waals surface area contributed by atoms with Crippen LogP contribution in [0.5, 0.6) is 0 Å². The van der Waals surface area contributed by atoms with E-state index in [1.807, 2.05) is 6.92 Å². The van der Waals surface area contributed by atoms with Gasteiger partial charge in [0.1, 0.15) is 11.5 Å². The van der Waals surface area contributed by atoms with Crippen molar-refractivity contribution in [3.63, 3.8) is 0 Å². The van der Waals surface area contributed by atoms with Gasteiger partial charge < -0.3 is 11.5 Å². The van der Waals surface area contributed by atoms with Crippen LogP contribution >= 0.6 is 0 Å². The van der Waals surface area contributed by atoms with Gasteiger partial charge in [0.25, 0.3) is 5.91 Å². The molecule has 2 aromatic rings. The zero-order chi connectivity index (χ0) is 14.7. The van der Waals surface area contributed by atoms with Gasteiger partial charge >= 0.3 is 0 Å². The lowest BCUT2D eigenvalue weighted by Crippen LogP contribution is -2.22. The van der Waals surface area contributed by atoms with Gasteiger partial charge in [-0.2, -0.15) is 5.10 Å². The minimum Gasteiger partial charge on any atom is -0.364 e. The zero-order valence-electron chi connectivity index (χ0n) is 11.2. The van der Waals surface area contributed by atoms with Crippen LogP contribution in [0.15, 0.2) is 30.5 Å². The summed E-state index contributed by atoms with van der Waals surface area (Å²) in [6.07, 6.45) is 2.95. The Bertz CT molecular complexity index is 623. The molecule has 5 nitrogen and oxygen atoms in total. The van der Waals surface area contributed by atoms with Crippen molar-refractivity contribution >= 4 is 5.91 Å². The molecule has 0 spiro atoms. The highest BCUT2D eigenvalue weighted by atomic mass is 19.1. The highest BCUT2D eigenvalue weighted by Crippen LogP contribution is 2.18. The van der Waals surface area contributed by atoms with E-state index in [1.54, 1.807) is 12.3 Å². The molecule has 1 amide bonds. The van der Waals surface area contributed by atoms with Crippen LogP contribution < -0.4 is 11.5 Å². The highest BCUT2D eigenvalue weighted by molar-refractivity contribution is 5.90. The molecule has 0 radical (unpaired) electrons. The van der Waals surface area contributed by atoms with Gasteiger partial charge in [0, 0.05) is 12.2 Å². The average Bonchev–Trinajstić information content (AvgIpc) is 2.88. The van der Waals surface area contributed by atoms with Crippen LogP contribution in [0.1, 0.15) is 29.4 Å². The molecule has 20 heavy (non-hydrogen) atoms. The van der Waals surface area contributed by atoms with Gasteiger partial charge in [0.15, 0.2) is 0 Å². The molecule has 1 aromatic heterocycles. The molecule has 1 heterocycles. The third-order valence-electron chi connectivity index (χ3n) is 3.14. The van der Waals surface area contributed by atoms with Crippen LogP contribution in [0.4, 0.5) is 4.39 Å². The number of nitrogens with two attached hydrogens (primary N) is 2. The Hall–Kier alpha value is -2.21. The lowest BCUT2D eigenvalue weighted by molar-refractivity contribution is 0.0995. The molecule has 0 saturated carbocycles. The van der Waals surface area contributed by atoms with Gasteiger partial charge in [-0.15, -0.1) is 0 Å². The molecule has 1 aromatic carbocycles. The number of primary amides is 1. The summed E-state index contributed by atoms with van der Waals surface area (Å²) in [5.74, 6) is -0.924. The molecule has 2 rings (SSSR count). The van der Waals surface area contributed by atoms with Crippen molar-refractivity contribution in [3.05, 3.63) is 47.5 Å². The Kier molecular flexibility index (Phi) is 4.14. The number of rotatable bonds is 5. The number of nitrogens with zero attached hydrogens (tertiary/aromatic N) is 2. The molecule has 106 valence electrons. The predicted octanol–water partition coefficient (Wildman–Crippen LogP) is 1.39. The van der Waals surface area contributed by atoms with Crippen LogP contribution in [0.3, 0.4) is 0 Å². The van der Waals surface area contributed by atoms with Crippen LogP contribution in [0.25, 0.3) is 5.69 Å². The normalized spacial score (nSPS) is 12.3. The quantitative estimate of drug-likeness (QED) is 0.865. The fourth-order valence-electron chi connectivity index (χ4n) is 1.96. The summed E-state index contributed by atoms with van der Waals surface area (Å²) in [5.41, 5.74) is 12.7. The third kappa shape index (κ3) is 3.03. The van der Waals surface area contributed by atoms with Crippen molar-refractivity contribution in [2.24, 2.45) is 11.5 Å². The van der Waals surface area contributed by atoms with Gasteiger partial charge in [-0.05, 0) is 42.7 Å². The molecular formula is C14H17FN4O. The number of halogens is 1. The molecule has 6 heteroatoms. The van der Waals surface area contributed by atoms with Crippen LogP contribution in [-0.4, -0.2) is 21.7 Å². The van der Waals surface area contributed by atoms with Gasteiger partial charge in [-0.3, -0.25) is 4.79 Å². The number of benzene rings is 1. The van der Waals surface area contributed by atoms with E-state index < -0.39 is 5.91 Å². The third-order valence-corrected chi connectivity index (χ3v) is 3.14. The Morgan fingerprint density at radius 3 is 2.80 bits per heavy atom. The predicted molar refractivity (Wildman–Crippen MR) is 74.0 cm³/mol. The summed E-state index contributed by atoms with van der Waals surface area (Å²) in [7, 11) is 0. The van der Waals surface area contributed by atoms with E-state index in [0.717, 1.165) is 12.0 Å². The lowest BCUT2D eigenvalue weighted by atomic mass is 10.0. The minimum absolute atomic E-state index is 0.0540. The van der Waals surface area contributed by atoms with Crippen LogP contribution in [-0.2, 0) is 6.42 Å². The maximum atomic E-state index is 13.4. The summed E-state index contributed by atoms with van der Waals surface area (Å²) < 4.78 is 14.9. The average molecular weight is 276 g/mol. The van der Waals surface area contributed by atoms with Crippen molar-refractivity contribution in [2.75, 3.05) is 0 Å². The second-order valence-corrected chi connectivity index (χ2v) is 4.66. The Morgan fingerprint density at radius 1 is 1.45 bits per heavy atom. The first kappa shape index (κ1) is 14.2.